The van der Waals surface area contributed by atoms with Gasteiger partial charge in [0.25, 0.3) is 0 Å². The molecule has 4 nitrogen and oxygen atoms in total. The van der Waals surface area contributed by atoms with Crippen molar-refractivity contribution < 1.29 is 4.79 Å². The van der Waals surface area contributed by atoms with Crippen molar-refractivity contribution in [1.82, 2.24) is 4.90 Å². The highest BCUT2D eigenvalue weighted by atomic mass is 35.5. The van der Waals surface area contributed by atoms with Gasteiger partial charge in [-0.1, -0.05) is 53.7 Å². The van der Waals surface area contributed by atoms with Crippen molar-refractivity contribution in [3.63, 3.8) is 0 Å². The van der Waals surface area contributed by atoms with Crippen LogP contribution in [0, 0.1) is 0 Å². The molecule has 26 heavy (non-hydrogen) atoms. The summed E-state index contributed by atoms with van der Waals surface area (Å²) in [5.41, 5.74) is 3.86. The lowest BCUT2D eigenvalue weighted by atomic mass is 10.1. The summed E-state index contributed by atoms with van der Waals surface area (Å²) in [6.07, 6.45) is 3.19. The monoisotopic (exact) mass is 381 g/mol. The lowest BCUT2D eigenvalue weighted by molar-refractivity contribution is -0.111. The van der Waals surface area contributed by atoms with Crippen LogP contribution < -0.4 is 5.32 Å². The first kappa shape index (κ1) is 16.9. The minimum absolute atomic E-state index is 0.192. The Balaban J connectivity index is 1.41. The van der Waals surface area contributed by atoms with Crippen LogP contribution in [0.4, 0.5) is 5.69 Å². The lowest BCUT2D eigenvalue weighted by Crippen LogP contribution is -2.19. The summed E-state index contributed by atoms with van der Waals surface area (Å²) in [7, 11) is 0. The summed E-state index contributed by atoms with van der Waals surface area (Å²) >= 11 is 7.74. The van der Waals surface area contributed by atoms with E-state index in [-0.39, 0.29) is 5.91 Å². The standard InChI is InChI=1S/C20H16ClN3OS/c21-17-4-2-1-3-14(17)7-10-19(25)23-16-8-5-15(6-9-16)18-13-26-20-22-11-12-24(18)20/h1-10,13H,11-12H2,(H,23,25)/b10-7+. The quantitative estimate of drug-likeness (QED) is 0.780. The van der Waals surface area contributed by atoms with E-state index >= 15 is 0 Å². The predicted octanol–water partition coefficient (Wildman–Crippen LogP) is 4.71. The van der Waals surface area contributed by atoms with Crippen molar-refractivity contribution in [3.8, 4) is 0 Å². The number of halogens is 1. The fourth-order valence-corrected chi connectivity index (χ4v) is 3.99. The molecule has 4 rings (SSSR count). The predicted molar refractivity (Wildman–Crippen MR) is 110 cm³/mol. The fraction of sp³-hybridized carbons (Fsp3) is 0.100. The number of thioether (sulfide) groups is 1. The number of nitrogens with one attached hydrogen (secondary N) is 1. The van der Waals surface area contributed by atoms with E-state index in [1.807, 2.05) is 42.5 Å². The van der Waals surface area contributed by atoms with E-state index in [4.69, 9.17) is 11.6 Å². The number of carbonyl (C=O) groups excluding carboxylic acids is 1. The molecular formula is C20H16ClN3OS. The van der Waals surface area contributed by atoms with Gasteiger partial charge >= 0.3 is 0 Å². The highest BCUT2D eigenvalue weighted by Crippen LogP contribution is 2.35. The molecule has 6 heteroatoms. The average molecular weight is 382 g/mol. The molecule has 0 atom stereocenters. The van der Waals surface area contributed by atoms with E-state index in [0.717, 1.165) is 35.1 Å². The SMILES string of the molecule is O=C(/C=C/c1ccccc1Cl)Nc1ccc(C2=CSC3=NCCN23)cc1. The van der Waals surface area contributed by atoms with Crippen LogP contribution in [0.15, 0.2) is 65.0 Å². The average Bonchev–Trinajstić information content (AvgIpc) is 3.25. The summed E-state index contributed by atoms with van der Waals surface area (Å²) in [5, 5.41) is 6.68. The van der Waals surface area contributed by atoms with Crippen LogP contribution in [0.5, 0.6) is 0 Å². The maximum atomic E-state index is 12.1. The van der Waals surface area contributed by atoms with E-state index in [9.17, 15) is 4.79 Å². The number of amides is 1. The Hall–Kier alpha value is -2.50. The zero-order chi connectivity index (χ0) is 17.9. The topological polar surface area (TPSA) is 44.7 Å². The van der Waals surface area contributed by atoms with Gasteiger partial charge in [-0.05, 0) is 35.4 Å². The summed E-state index contributed by atoms with van der Waals surface area (Å²) in [5.74, 6) is -0.192. The van der Waals surface area contributed by atoms with Crippen LogP contribution in [-0.4, -0.2) is 29.1 Å². The molecule has 0 spiro atoms. The third-order valence-electron chi connectivity index (χ3n) is 4.14. The Morgan fingerprint density at radius 2 is 2.00 bits per heavy atom. The van der Waals surface area contributed by atoms with Crippen LogP contribution in [0.3, 0.4) is 0 Å². The molecule has 2 aromatic carbocycles. The number of benzene rings is 2. The smallest absolute Gasteiger partial charge is 0.248 e. The second-order valence-electron chi connectivity index (χ2n) is 5.86. The summed E-state index contributed by atoms with van der Waals surface area (Å²) in [6.45, 7) is 1.78. The molecule has 0 aliphatic carbocycles. The van der Waals surface area contributed by atoms with Crippen molar-refractivity contribution in [2.75, 3.05) is 18.4 Å². The molecule has 1 amide bonds. The largest absolute Gasteiger partial charge is 0.323 e. The molecule has 2 heterocycles. The van der Waals surface area contributed by atoms with E-state index < -0.39 is 0 Å². The number of hydrogen-bond acceptors (Lipinski definition) is 4. The van der Waals surface area contributed by atoms with E-state index in [0.29, 0.717) is 5.02 Å². The number of fused-ring (bicyclic) bond motifs is 1. The van der Waals surface area contributed by atoms with Gasteiger partial charge in [-0.3, -0.25) is 9.79 Å². The molecule has 2 aliphatic heterocycles. The number of hydrogen-bond donors (Lipinski definition) is 1. The van der Waals surface area contributed by atoms with Gasteiger partial charge in [0.2, 0.25) is 5.91 Å². The number of anilines is 1. The van der Waals surface area contributed by atoms with Crippen molar-refractivity contribution in [2.45, 2.75) is 0 Å². The molecule has 130 valence electrons. The molecule has 0 fully saturated rings. The molecule has 0 bridgehead atoms. The van der Waals surface area contributed by atoms with Crippen molar-refractivity contribution in [1.29, 1.82) is 0 Å². The highest BCUT2D eigenvalue weighted by Gasteiger charge is 2.26. The molecule has 1 N–H and O–H groups in total. The van der Waals surface area contributed by atoms with Crippen molar-refractivity contribution >= 4 is 51.9 Å². The van der Waals surface area contributed by atoms with Crippen molar-refractivity contribution in [2.24, 2.45) is 4.99 Å². The van der Waals surface area contributed by atoms with Crippen LogP contribution in [0.2, 0.25) is 5.02 Å². The van der Waals surface area contributed by atoms with Gasteiger partial charge in [-0.15, -0.1) is 0 Å². The summed E-state index contributed by atoms with van der Waals surface area (Å²) < 4.78 is 0. The summed E-state index contributed by atoms with van der Waals surface area (Å²) in [6, 6.07) is 15.3. The maximum absolute atomic E-state index is 12.1. The van der Waals surface area contributed by atoms with Gasteiger partial charge in [0.15, 0.2) is 5.17 Å². The number of nitrogens with zero attached hydrogens (tertiary/aromatic N) is 2. The maximum Gasteiger partial charge on any atom is 0.248 e. The van der Waals surface area contributed by atoms with Gasteiger partial charge in [0.1, 0.15) is 0 Å². The third-order valence-corrected chi connectivity index (χ3v) is 5.38. The summed E-state index contributed by atoms with van der Waals surface area (Å²) in [4.78, 5) is 18.8. The Labute approximate surface area is 161 Å². The van der Waals surface area contributed by atoms with Gasteiger partial charge < -0.3 is 10.2 Å². The van der Waals surface area contributed by atoms with Crippen molar-refractivity contribution in [3.05, 3.63) is 76.2 Å². The van der Waals surface area contributed by atoms with Gasteiger partial charge in [0, 0.05) is 28.7 Å². The van der Waals surface area contributed by atoms with E-state index in [1.54, 1.807) is 23.9 Å². The molecule has 0 aromatic heterocycles. The number of carbonyl (C=O) groups is 1. The molecular weight excluding hydrogens is 366 g/mol. The number of rotatable bonds is 4. The minimum atomic E-state index is -0.192. The normalized spacial score (nSPS) is 15.8. The first-order chi connectivity index (χ1) is 12.7. The zero-order valence-electron chi connectivity index (χ0n) is 13.9. The van der Waals surface area contributed by atoms with Crippen LogP contribution in [-0.2, 0) is 4.79 Å². The van der Waals surface area contributed by atoms with E-state index in [1.165, 1.54) is 11.8 Å². The van der Waals surface area contributed by atoms with E-state index in [2.05, 4.69) is 20.6 Å². The zero-order valence-corrected chi connectivity index (χ0v) is 15.4. The Kier molecular flexibility index (Phi) is 4.82. The first-order valence-electron chi connectivity index (χ1n) is 8.23. The fourth-order valence-electron chi connectivity index (χ4n) is 2.83. The van der Waals surface area contributed by atoms with Gasteiger partial charge in [0.05, 0.1) is 12.2 Å². The molecule has 0 radical (unpaired) electrons. The molecule has 0 saturated carbocycles. The van der Waals surface area contributed by atoms with Crippen LogP contribution in [0.1, 0.15) is 11.1 Å². The Morgan fingerprint density at radius 3 is 2.81 bits per heavy atom. The minimum Gasteiger partial charge on any atom is -0.323 e. The van der Waals surface area contributed by atoms with Crippen LogP contribution >= 0.6 is 23.4 Å². The number of amidine groups is 1. The molecule has 0 unspecified atom stereocenters. The number of aliphatic imine (C=N–C) groups is 1. The van der Waals surface area contributed by atoms with Crippen LogP contribution in [0.25, 0.3) is 11.8 Å². The molecule has 2 aliphatic rings. The van der Waals surface area contributed by atoms with Gasteiger partial charge in [-0.25, -0.2) is 0 Å². The second-order valence-corrected chi connectivity index (χ2v) is 7.10. The molecule has 0 saturated heterocycles. The Bertz CT molecular complexity index is 934. The molecule has 2 aromatic rings. The lowest BCUT2D eigenvalue weighted by Gasteiger charge is -2.16. The highest BCUT2D eigenvalue weighted by molar-refractivity contribution is 8.16. The second kappa shape index (κ2) is 7.40. The van der Waals surface area contributed by atoms with Gasteiger partial charge in [-0.2, -0.15) is 0 Å². The Morgan fingerprint density at radius 1 is 1.19 bits per heavy atom. The first-order valence-corrected chi connectivity index (χ1v) is 9.49. The third kappa shape index (κ3) is 3.54.